The lowest BCUT2D eigenvalue weighted by atomic mass is 9.45. The summed E-state index contributed by atoms with van der Waals surface area (Å²) < 4.78 is 4.88. The van der Waals surface area contributed by atoms with Gasteiger partial charge in [0.2, 0.25) is 5.78 Å². The molecule has 0 aliphatic heterocycles. The number of fused-ring (bicyclic) bond motifs is 5. The fourth-order valence-corrected chi connectivity index (χ4v) is 7.48. The molecule has 6 heteroatoms. The topological polar surface area (TPSA) is 97.7 Å². The van der Waals surface area contributed by atoms with Crippen molar-refractivity contribution >= 4 is 23.3 Å². The maximum atomic E-state index is 13.6. The molecule has 3 saturated carbocycles. The Morgan fingerprint density at radius 2 is 1.93 bits per heavy atom. The molecule has 1 N–H and O–H groups in total. The van der Waals surface area contributed by atoms with Crippen molar-refractivity contribution in [1.29, 1.82) is 0 Å². The van der Waals surface area contributed by atoms with Crippen LogP contribution in [0.5, 0.6) is 0 Å². The monoisotopic (exact) mass is 416 g/mol. The van der Waals surface area contributed by atoms with Gasteiger partial charge in [-0.3, -0.25) is 19.2 Å². The molecule has 7 atom stereocenters. The summed E-state index contributed by atoms with van der Waals surface area (Å²) in [5.74, 6) is -0.941. The van der Waals surface area contributed by atoms with Gasteiger partial charge in [-0.15, -0.1) is 0 Å². The Balaban J connectivity index is 1.67. The zero-order valence-electron chi connectivity index (χ0n) is 18.3. The van der Waals surface area contributed by atoms with Gasteiger partial charge in [0.1, 0.15) is 11.4 Å². The number of ketones is 3. The molecule has 3 fully saturated rings. The van der Waals surface area contributed by atoms with E-state index in [2.05, 4.69) is 6.92 Å². The van der Waals surface area contributed by atoms with Crippen molar-refractivity contribution in [2.24, 2.45) is 34.5 Å². The molecule has 4 aliphatic rings. The Morgan fingerprint density at radius 3 is 2.60 bits per heavy atom. The highest BCUT2D eigenvalue weighted by Crippen LogP contribution is 2.66. The summed E-state index contributed by atoms with van der Waals surface area (Å²) in [4.78, 5) is 49.9. The number of carbonyl (C=O) groups excluding carboxylic acids is 4. The van der Waals surface area contributed by atoms with E-state index in [1.54, 1.807) is 6.08 Å². The lowest BCUT2D eigenvalue weighted by Gasteiger charge is -2.58. The van der Waals surface area contributed by atoms with Crippen LogP contribution in [0.3, 0.4) is 0 Å². The average molecular weight is 417 g/mol. The second-order valence-electron chi connectivity index (χ2n) is 10.5. The standard InChI is InChI=1S/C24H32O6/c1-13-10-22(3)15(9-18(13)26)5-6-16-17-7-8-24(29,20(28)12-30-14(2)25)23(17,4)11-19(27)21(16)22/h9,13,16-17,21,29H,5-8,10-12H2,1-4H3. The Hall–Kier alpha value is -1.82. The van der Waals surface area contributed by atoms with E-state index in [1.165, 1.54) is 6.92 Å². The molecule has 7 unspecified atom stereocenters. The fraction of sp³-hybridized carbons (Fsp3) is 0.750. The minimum atomic E-state index is -1.65. The molecule has 164 valence electrons. The molecule has 0 bridgehead atoms. The van der Waals surface area contributed by atoms with E-state index in [4.69, 9.17) is 4.74 Å². The van der Waals surface area contributed by atoms with E-state index in [0.717, 1.165) is 18.4 Å². The Labute approximate surface area is 177 Å². The van der Waals surface area contributed by atoms with E-state index < -0.39 is 29.4 Å². The molecule has 0 saturated heterocycles. The van der Waals surface area contributed by atoms with Gasteiger partial charge >= 0.3 is 5.97 Å². The molecule has 0 spiro atoms. The van der Waals surface area contributed by atoms with E-state index in [0.29, 0.717) is 19.3 Å². The minimum absolute atomic E-state index is 0.0535. The summed E-state index contributed by atoms with van der Waals surface area (Å²) in [6.45, 7) is 6.71. The van der Waals surface area contributed by atoms with Crippen LogP contribution in [0.15, 0.2) is 11.6 Å². The first-order chi connectivity index (χ1) is 13.9. The summed E-state index contributed by atoms with van der Waals surface area (Å²) in [6.07, 6.45) is 5.16. The van der Waals surface area contributed by atoms with Crippen LogP contribution in [0.25, 0.3) is 0 Å². The maximum Gasteiger partial charge on any atom is 0.303 e. The predicted molar refractivity (Wildman–Crippen MR) is 108 cm³/mol. The molecule has 6 nitrogen and oxygen atoms in total. The molecule has 0 aromatic heterocycles. The second-order valence-corrected chi connectivity index (χ2v) is 10.5. The van der Waals surface area contributed by atoms with Crippen LogP contribution in [-0.2, 0) is 23.9 Å². The van der Waals surface area contributed by atoms with Gasteiger partial charge in [-0.1, -0.05) is 26.3 Å². The Morgan fingerprint density at radius 1 is 1.23 bits per heavy atom. The lowest BCUT2D eigenvalue weighted by Crippen LogP contribution is -2.61. The molecule has 0 radical (unpaired) electrons. The first kappa shape index (κ1) is 21.4. The van der Waals surface area contributed by atoms with E-state index in [1.807, 2.05) is 13.8 Å². The van der Waals surface area contributed by atoms with Gasteiger partial charge in [0, 0.05) is 30.6 Å². The number of esters is 1. The highest BCUT2D eigenvalue weighted by Gasteiger charge is 2.68. The second kappa shape index (κ2) is 6.84. The molecule has 4 rings (SSSR count). The summed E-state index contributed by atoms with van der Waals surface area (Å²) in [5, 5.41) is 11.5. The maximum absolute atomic E-state index is 13.6. The number of Topliss-reactive ketones (excluding diaryl/α,β-unsaturated/α-hetero) is 2. The summed E-state index contributed by atoms with van der Waals surface area (Å²) >= 11 is 0. The zero-order chi connectivity index (χ0) is 22.1. The van der Waals surface area contributed by atoms with Gasteiger partial charge in [-0.2, -0.15) is 0 Å². The van der Waals surface area contributed by atoms with Crippen molar-refractivity contribution in [3.63, 3.8) is 0 Å². The van der Waals surface area contributed by atoms with Gasteiger partial charge in [0.15, 0.2) is 12.4 Å². The minimum Gasteiger partial charge on any atom is -0.458 e. The van der Waals surface area contributed by atoms with Crippen LogP contribution in [-0.4, -0.2) is 40.6 Å². The number of hydrogen-bond donors (Lipinski definition) is 1. The summed E-state index contributed by atoms with van der Waals surface area (Å²) in [5.41, 5.74) is -1.73. The third-order valence-electron chi connectivity index (χ3n) is 8.98. The number of allylic oxidation sites excluding steroid dienone is 1. The first-order valence-corrected chi connectivity index (χ1v) is 11.1. The van der Waals surface area contributed by atoms with Crippen molar-refractivity contribution < 1.29 is 29.0 Å². The van der Waals surface area contributed by atoms with Gasteiger partial charge in [-0.25, -0.2) is 0 Å². The van der Waals surface area contributed by atoms with Crippen LogP contribution in [0, 0.1) is 34.5 Å². The van der Waals surface area contributed by atoms with Gasteiger partial charge in [0.25, 0.3) is 0 Å². The molecule has 4 aliphatic carbocycles. The molecule has 0 aromatic carbocycles. The van der Waals surface area contributed by atoms with Crippen LogP contribution >= 0.6 is 0 Å². The summed E-state index contributed by atoms with van der Waals surface area (Å²) in [7, 11) is 0. The smallest absolute Gasteiger partial charge is 0.303 e. The normalized spacial score (nSPS) is 45.2. The van der Waals surface area contributed by atoms with Crippen LogP contribution in [0.2, 0.25) is 0 Å². The molecule has 30 heavy (non-hydrogen) atoms. The van der Waals surface area contributed by atoms with Crippen molar-refractivity contribution in [2.75, 3.05) is 6.61 Å². The number of aliphatic hydroxyl groups is 1. The van der Waals surface area contributed by atoms with E-state index in [-0.39, 0.29) is 47.1 Å². The van der Waals surface area contributed by atoms with Crippen LogP contribution in [0.4, 0.5) is 0 Å². The molecule has 0 aromatic rings. The van der Waals surface area contributed by atoms with Gasteiger partial charge < -0.3 is 9.84 Å². The van der Waals surface area contributed by atoms with E-state index in [9.17, 15) is 24.3 Å². The third-order valence-corrected chi connectivity index (χ3v) is 8.98. The predicted octanol–water partition coefficient (Wildman–Crippen LogP) is 2.81. The van der Waals surface area contributed by atoms with Gasteiger partial charge in [-0.05, 0) is 55.4 Å². The lowest BCUT2D eigenvalue weighted by molar-refractivity contribution is -0.173. The average Bonchev–Trinajstić information content (AvgIpc) is 2.92. The van der Waals surface area contributed by atoms with Crippen molar-refractivity contribution in [3.05, 3.63) is 11.6 Å². The SMILES string of the molecule is CC(=O)OCC(=O)C1(O)CCC2C3CCC4=CC(=O)C(C)CC4(C)C3C(=O)CC21C. The number of hydrogen-bond acceptors (Lipinski definition) is 6. The zero-order valence-corrected chi connectivity index (χ0v) is 18.3. The number of rotatable bonds is 3. The molecular weight excluding hydrogens is 384 g/mol. The fourth-order valence-electron chi connectivity index (χ4n) is 7.48. The summed E-state index contributed by atoms with van der Waals surface area (Å²) in [6, 6.07) is 0. The molecular formula is C24H32O6. The van der Waals surface area contributed by atoms with E-state index >= 15 is 0 Å². The number of carbonyl (C=O) groups is 4. The van der Waals surface area contributed by atoms with Crippen LogP contribution in [0.1, 0.15) is 66.2 Å². The molecule has 0 heterocycles. The third kappa shape index (κ3) is 2.79. The van der Waals surface area contributed by atoms with Crippen molar-refractivity contribution in [3.8, 4) is 0 Å². The van der Waals surface area contributed by atoms with Crippen molar-refractivity contribution in [1.82, 2.24) is 0 Å². The largest absolute Gasteiger partial charge is 0.458 e. The first-order valence-electron chi connectivity index (χ1n) is 11.1. The highest BCUT2D eigenvalue weighted by atomic mass is 16.5. The Kier molecular flexibility index (Phi) is 4.88. The van der Waals surface area contributed by atoms with Gasteiger partial charge in [0.05, 0.1) is 0 Å². The highest BCUT2D eigenvalue weighted by molar-refractivity contribution is 5.95. The molecule has 0 amide bonds. The van der Waals surface area contributed by atoms with Crippen molar-refractivity contribution in [2.45, 2.75) is 71.8 Å². The quantitative estimate of drug-likeness (QED) is 0.711. The van der Waals surface area contributed by atoms with Crippen LogP contribution < -0.4 is 0 Å². The Bertz CT molecular complexity index is 858. The number of ether oxygens (including phenoxy) is 1.